The maximum Gasteiger partial charge on any atom is 0.251 e. The van der Waals surface area contributed by atoms with Crippen LogP contribution in [0.5, 0.6) is 11.5 Å². The van der Waals surface area contributed by atoms with Gasteiger partial charge in [-0.2, -0.15) is 0 Å². The summed E-state index contributed by atoms with van der Waals surface area (Å²) in [6.45, 7) is 0.978. The van der Waals surface area contributed by atoms with E-state index in [9.17, 15) is 14.7 Å². The third-order valence-corrected chi connectivity index (χ3v) is 2.31. The highest BCUT2D eigenvalue weighted by Crippen LogP contribution is 2.26. The van der Waals surface area contributed by atoms with Crippen molar-refractivity contribution in [3.63, 3.8) is 0 Å². The minimum atomic E-state index is -0.251. The van der Waals surface area contributed by atoms with Gasteiger partial charge in [-0.1, -0.05) is 0 Å². The molecule has 0 saturated carbocycles. The first-order valence-electron chi connectivity index (χ1n) is 5.51. The van der Waals surface area contributed by atoms with Crippen LogP contribution in [-0.2, 0) is 4.79 Å². The topological polar surface area (TPSA) is 87.7 Å². The summed E-state index contributed by atoms with van der Waals surface area (Å²) in [6.07, 6.45) is 1.27. The van der Waals surface area contributed by atoms with Gasteiger partial charge in [0.05, 0.1) is 7.11 Å². The monoisotopic (exact) mass is 252 g/mol. The molecule has 2 amide bonds. The molecule has 0 radical (unpaired) electrons. The molecule has 1 aromatic carbocycles. The molecular formula is C12H16N2O4. The summed E-state index contributed by atoms with van der Waals surface area (Å²) in [4.78, 5) is 21.7. The zero-order valence-electron chi connectivity index (χ0n) is 10.1. The zero-order valence-corrected chi connectivity index (χ0v) is 10.1. The SMILES string of the molecule is COc1cc(C(=O)NCCCNC=O)ccc1O. The summed E-state index contributed by atoms with van der Waals surface area (Å²) in [5.41, 5.74) is 0.410. The van der Waals surface area contributed by atoms with Crippen molar-refractivity contribution in [2.75, 3.05) is 20.2 Å². The molecule has 6 heteroatoms. The van der Waals surface area contributed by atoms with Gasteiger partial charge < -0.3 is 20.5 Å². The standard InChI is InChI=1S/C12H16N2O4/c1-18-11-7-9(3-4-10(11)16)12(17)14-6-2-5-13-8-15/h3-4,7-8,16H,2,5-6H2,1H3,(H,13,15)(H,14,17). The lowest BCUT2D eigenvalue weighted by Crippen LogP contribution is -2.27. The fourth-order valence-electron chi connectivity index (χ4n) is 1.37. The molecular weight excluding hydrogens is 236 g/mol. The van der Waals surface area contributed by atoms with E-state index in [0.29, 0.717) is 31.5 Å². The lowest BCUT2D eigenvalue weighted by atomic mass is 10.2. The van der Waals surface area contributed by atoms with E-state index in [4.69, 9.17) is 4.74 Å². The van der Waals surface area contributed by atoms with Gasteiger partial charge in [-0.05, 0) is 24.6 Å². The van der Waals surface area contributed by atoms with Crippen LogP contribution < -0.4 is 15.4 Å². The molecule has 1 aromatic rings. The Balaban J connectivity index is 2.48. The molecule has 0 saturated heterocycles. The number of ether oxygens (including phenoxy) is 1. The molecule has 18 heavy (non-hydrogen) atoms. The van der Waals surface area contributed by atoms with E-state index in [-0.39, 0.29) is 17.4 Å². The summed E-state index contributed by atoms with van der Waals surface area (Å²) in [6, 6.07) is 4.38. The van der Waals surface area contributed by atoms with Gasteiger partial charge in [0.25, 0.3) is 5.91 Å². The minimum absolute atomic E-state index is 0.00997. The van der Waals surface area contributed by atoms with Gasteiger partial charge in [-0.15, -0.1) is 0 Å². The van der Waals surface area contributed by atoms with Crippen LogP contribution in [0.1, 0.15) is 16.8 Å². The smallest absolute Gasteiger partial charge is 0.251 e. The van der Waals surface area contributed by atoms with Crippen LogP contribution in [0, 0.1) is 0 Å². The predicted molar refractivity (Wildman–Crippen MR) is 65.7 cm³/mol. The molecule has 0 aliphatic rings. The number of carbonyl (C=O) groups excluding carboxylic acids is 2. The fraction of sp³-hybridized carbons (Fsp3) is 0.333. The number of phenols is 1. The third-order valence-electron chi connectivity index (χ3n) is 2.31. The number of methoxy groups -OCH3 is 1. The molecule has 0 spiro atoms. The fourth-order valence-corrected chi connectivity index (χ4v) is 1.37. The molecule has 0 aliphatic carbocycles. The number of hydrogen-bond acceptors (Lipinski definition) is 4. The number of hydrogen-bond donors (Lipinski definition) is 3. The van der Waals surface area contributed by atoms with E-state index < -0.39 is 0 Å². The summed E-state index contributed by atoms with van der Waals surface area (Å²) in [7, 11) is 1.42. The van der Waals surface area contributed by atoms with E-state index in [1.165, 1.54) is 25.3 Å². The van der Waals surface area contributed by atoms with Crippen LogP contribution in [0.4, 0.5) is 0 Å². The van der Waals surface area contributed by atoms with Gasteiger partial charge in [-0.3, -0.25) is 9.59 Å². The van der Waals surface area contributed by atoms with Crippen molar-refractivity contribution in [3.05, 3.63) is 23.8 Å². The van der Waals surface area contributed by atoms with Gasteiger partial charge in [0.15, 0.2) is 11.5 Å². The van der Waals surface area contributed by atoms with Crippen molar-refractivity contribution >= 4 is 12.3 Å². The second-order valence-corrected chi connectivity index (χ2v) is 3.57. The maximum absolute atomic E-state index is 11.7. The van der Waals surface area contributed by atoms with Crippen LogP contribution in [0.25, 0.3) is 0 Å². The first-order chi connectivity index (χ1) is 8.69. The molecule has 0 aromatic heterocycles. The first kappa shape index (κ1) is 13.8. The molecule has 0 atom stereocenters. The van der Waals surface area contributed by atoms with Crippen molar-refractivity contribution in [3.8, 4) is 11.5 Å². The van der Waals surface area contributed by atoms with Crippen molar-refractivity contribution in [1.82, 2.24) is 10.6 Å². The third kappa shape index (κ3) is 3.97. The average Bonchev–Trinajstić information content (AvgIpc) is 2.38. The highest BCUT2D eigenvalue weighted by molar-refractivity contribution is 5.94. The largest absolute Gasteiger partial charge is 0.504 e. The molecule has 0 heterocycles. The lowest BCUT2D eigenvalue weighted by molar-refractivity contribution is -0.109. The Morgan fingerprint density at radius 1 is 1.44 bits per heavy atom. The lowest BCUT2D eigenvalue weighted by Gasteiger charge is -2.07. The zero-order chi connectivity index (χ0) is 13.4. The number of amides is 2. The Labute approximate surface area is 105 Å². The number of rotatable bonds is 7. The van der Waals surface area contributed by atoms with Gasteiger partial charge in [0.1, 0.15) is 0 Å². The Morgan fingerprint density at radius 3 is 2.89 bits per heavy atom. The van der Waals surface area contributed by atoms with Crippen molar-refractivity contribution in [2.45, 2.75) is 6.42 Å². The number of aromatic hydroxyl groups is 1. The van der Waals surface area contributed by atoms with E-state index in [1.54, 1.807) is 0 Å². The Hall–Kier alpha value is -2.24. The number of carbonyl (C=O) groups is 2. The first-order valence-corrected chi connectivity index (χ1v) is 5.51. The van der Waals surface area contributed by atoms with Gasteiger partial charge in [-0.25, -0.2) is 0 Å². The number of nitrogens with one attached hydrogen (secondary N) is 2. The molecule has 1 rings (SSSR count). The molecule has 0 aliphatic heterocycles. The minimum Gasteiger partial charge on any atom is -0.504 e. The average molecular weight is 252 g/mol. The Morgan fingerprint density at radius 2 is 2.22 bits per heavy atom. The molecule has 6 nitrogen and oxygen atoms in total. The van der Waals surface area contributed by atoms with E-state index >= 15 is 0 Å². The van der Waals surface area contributed by atoms with Crippen LogP contribution in [0.3, 0.4) is 0 Å². The molecule has 0 unspecified atom stereocenters. The highest BCUT2D eigenvalue weighted by atomic mass is 16.5. The number of phenolic OH excluding ortho intramolecular Hbond substituents is 1. The summed E-state index contributed by atoms with van der Waals surface area (Å²) in [5, 5.41) is 14.6. The quantitative estimate of drug-likeness (QED) is 0.480. The predicted octanol–water partition coefficient (Wildman–Crippen LogP) is 0.267. The van der Waals surface area contributed by atoms with Crippen LogP contribution >= 0.6 is 0 Å². The maximum atomic E-state index is 11.7. The second kappa shape index (κ2) is 7.16. The van der Waals surface area contributed by atoms with E-state index in [2.05, 4.69) is 10.6 Å². The second-order valence-electron chi connectivity index (χ2n) is 3.57. The molecule has 3 N–H and O–H groups in total. The highest BCUT2D eigenvalue weighted by Gasteiger charge is 2.08. The Bertz CT molecular complexity index is 421. The van der Waals surface area contributed by atoms with Gasteiger partial charge in [0.2, 0.25) is 6.41 Å². The summed E-state index contributed by atoms with van der Waals surface area (Å²) in [5.74, 6) is -0.00564. The normalized spacial score (nSPS) is 9.61. The van der Waals surface area contributed by atoms with Crippen molar-refractivity contribution in [1.29, 1.82) is 0 Å². The summed E-state index contributed by atoms with van der Waals surface area (Å²) < 4.78 is 4.91. The molecule has 98 valence electrons. The van der Waals surface area contributed by atoms with Gasteiger partial charge in [0, 0.05) is 18.7 Å². The number of benzene rings is 1. The molecule has 0 fully saturated rings. The molecule has 0 bridgehead atoms. The van der Waals surface area contributed by atoms with Crippen LogP contribution in [0.15, 0.2) is 18.2 Å². The van der Waals surface area contributed by atoms with Crippen LogP contribution in [0.2, 0.25) is 0 Å². The van der Waals surface area contributed by atoms with Crippen LogP contribution in [-0.4, -0.2) is 37.6 Å². The van der Waals surface area contributed by atoms with Gasteiger partial charge >= 0.3 is 0 Å². The summed E-state index contributed by atoms with van der Waals surface area (Å²) >= 11 is 0. The van der Waals surface area contributed by atoms with E-state index in [0.717, 1.165) is 0 Å². The van der Waals surface area contributed by atoms with E-state index in [1.807, 2.05) is 0 Å². The van der Waals surface area contributed by atoms with Crippen molar-refractivity contribution < 1.29 is 19.4 Å². The van der Waals surface area contributed by atoms with Crippen molar-refractivity contribution in [2.24, 2.45) is 0 Å². The Kier molecular flexibility index (Phi) is 5.50.